The third-order valence-corrected chi connectivity index (χ3v) is 5.98. The Balaban J connectivity index is 1.67. The molecule has 2 heterocycles. The topological polar surface area (TPSA) is 25.2 Å². The van der Waals surface area contributed by atoms with E-state index in [2.05, 4.69) is 41.6 Å². The third kappa shape index (κ3) is 3.41. The van der Waals surface area contributed by atoms with E-state index in [0.717, 1.165) is 28.8 Å². The van der Waals surface area contributed by atoms with Gasteiger partial charge < -0.3 is 0 Å². The smallest absolute Gasteiger partial charge is 0.125 e. The molecule has 3 rings (SSSR count). The molecule has 0 saturated heterocycles. The molecule has 0 saturated carbocycles. The molecular formula is C14H14N2S3. The van der Waals surface area contributed by atoms with Gasteiger partial charge in [0.1, 0.15) is 9.38 Å². The maximum atomic E-state index is 4.70. The second-order valence-electron chi connectivity index (χ2n) is 4.29. The lowest BCUT2D eigenvalue weighted by Crippen LogP contribution is -1.85. The van der Waals surface area contributed by atoms with Crippen LogP contribution in [-0.2, 0) is 5.75 Å². The monoisotopic (exact) mass is 306 g/mol. The number of hydrogen-bond donors (Lipinski definition) is 0. The number of aromatic nitrogens is 1. The van der Waals surface area contributed by atoms with Gasteiger partial charge >= 0.3 is 0 Å². The molecule has 0 fully saturated rings. The second kappa shape index (κ2) is 6.11. The number of thiazole rings is 1. The highest BCUT2D eigenvalue weighted by Gasteiger charge is 2.10. The molecule has 0 aliphatic carbocycles. The third-order valence-electron chi connectivity index (χ3n) is 2.75. The fourth-order valence-electron chi connectivity index (χ4n) is 1.74. The van der Waals surface area contributed by atoms with Crippen molar-refractivity contribution >= 4 is 39.2 Å². The summed E-state index contributed by atoms with van der Waals surface area (Å²) in [7, 11) is 0. The van der Waals surface area contributed by atoms with Gasteiger partial charge in [-0.1, -0.05) is 53.4 Å². The normalized spacial score (nSPS) is 14.7. The zero-order valence-electron chi connectivity index (χ0n) is 10.6. The maximum absolute atomic E-state index is 4.70. The number of rotatable bonds is 3. The van der Waals surface area contributed by atoms with Crippen molar-refractivity contribution in [2.45, 2.75) is 12.7 Å². The molecule has 0 bridgehead atoms. The van der Waals surface area contributed by atoms with Crippen LogP contribution in [0, 0.1) is 6.92 Å². The Morgan fingerprint density at radius 2 is 2.11 bits per heavy atom. The van der Waals surface area contributed by atoms with Gasteiger partial charge in [0.2, 0.25) is 0 Å². The lowest BCUT2D eigenvalue weighted by atomic mass is 10.2. The molecule has 0 unspecified atom stereocenters. The molecule has 1 aromatic carbocycles. The first kappa shape index (κ1) is 13.2. The van der Waals surface area contributed by atoms with Crippen molar-refractivity contribution in [1.29, 1.82) is 0 Å². The Bertz CT molecular complexity index is 587. The molecule has 0 amide bonds. The lowest BCUT2D eigenvalue weighted by molar-refractivity contribution is 1.18. The van der Waals surface area contributed by atoms with E-state index in [4.69, 9.17) is 4.98 Å². The Hall–Kier alpha value is -0.780. The van der Waals surface area contributed by atoms with Crippen molar-refractivity contribution in [2.75, 3.05) is 12.3 Å². The average Bonchev–Trinajstić information content (AvgIpc) is 3.09. The highest BCUT2D eigenvalue weighted by molar-refractivity contribution is 8.38. The predicted octanol–water partition coefficient (Wildman–Crippen LogP) is 4.45. The van der Waals surface area contributed by atoms with Crippen LogP contribution in [-0.4, -0.2) is 21.7 Å². The zero-order chi connectivity index (χ0) is 13.1. The molecule has 2 aromatic rings. The van der Waals surface area contributed by atoms with Crippen LogP contribution in [0.1, 0.15) is 11.3 Å². The van der Waals surface area contributed by atoms with E-state index in [0.29, 0.717) is 0 Å². The molecule has 5 heteroatoms. The molecule has 0 atom stereocenters. The summed E-state index contributed by atoms with van der Waals surface area (Å²) >= 11 is 5.38. The van der Waals surface area contributed by atoms with Crippen molar-refractivity contribution in [3.05, 3.63) is 40.9 Å². The molecule has 1 aliphatic rings. The predicted molar refractivity (Wildman–Crippen MR) is 88.3 cm³/mol. The SMILES string of the molecule is Cc1ccc(-c2nc(CSC3=NCCS3)cs2)cc1. The van der Waals surface area contributed by atoms with Crippen LogP contribution in [0.5, 0.6) is 0 Å². The second-order valence-corrected chi connectivity index (χ2v) is 7.46. The van der Waals surface area contributed by atoms with Crippen molar-refractivity contribution in [3.8, 4) is 10.6 Å². The molecule has 1 aromatic heterocycles. The highest BCUT2D eigenvalue weighted by Crippen LogP contribution is 2.28. The number of nitrogens with zero attached hydrogens (tertiary/aromatic N) is 2. The Labute approximate surface area is 125 Å². The van der Waals surface area contributed by atoms with Gasteiger partial charge in [-0.25, -0.2) is 4.98 Å². The van der Waals surface area contributed by atoms with Gasteiger partial charge in [-0.3, -0.25) is 4.99 Å². The van der Waals surface area contributed by atoms with Gasteiger partial charge in [0.15, 0.2) is 0 Å². The average molecular weight is 306 g/mol. The van der Waals surface area contributed by atoms with Crippen molar-refractivity contribution < 1.29 is 0 Å². The summed E-state index contributed by atoms with van der Waals surface area (Å²) in [6, 6.07) is 8.55. The minimum Gasteiger partial charge on any atom is -0.271 e. The number of thioether (sulfide) groups is 2. The molecule has 1 aliphatic heterocycles. The number of aliphatic imine (C=N–C) groups is 1. The summed E-state index contributed by atoms with van der Waals surface area (Å²) in [6.45, 7) is 3.08. The zero-order valence-corrected chi connectivity index (χ0v) is 13.1. The van der Waals surface area contributed by atoms with Gasteiger partial charge in [0.25, 0.3) is 0 Å². The molecule has 2 nitrogen and oxygen atoms in total. The van der Waals surface area contributed by atoms with Crippen molar-refractivity contribution in [1.82, 2.24) is 4.98 Å². The van der Waals surface area contributed by atoms with Gasteiger partial charge in [0.05, 0.1) is 12.2 Å². The summed E-state index contributed by atoms with van der Waals surface area (Å²) in [5.74, 6) is 2.06. The van der Waals surface area contributed by atoms with E-state index in [9.17, 15) is 0 Å². The Morgan fingerprint density at radius 3 is 2.84 bits per heavy atom. The summed E-state index contributed by atoms with van der Waals surface area (Å²) in [5.41, 5.74) is 3.65. The van der Waals surface area contributed by atoms with Crippen LogP contribution in [0.25, 0.3) is 10.6 Å². The summed E-state index contributed by atoms with van der Waals surface area (Å²) in [5, 5.41) is 3.26. The number of aryl methyl sites for hydroxylation is 1. The van der Waals surface area contributed by atoms with E-state index >= 15 is 0 Å². The van der Waals surface area contributed by atoms with Crippen LogP contribution in [0.15, 0.2) is 34.6 Å². The van der Waals surface area contributed by atoms with Gasteiger partial charge in [-0.2, -0.15) is 0 Å². The van der Waals surface area contributed by atoms with Crippen LogP contribution in [0.3, 0.4) is 0 Å². The molecular weight excluding hydrogens is 292 g/mol. The largest absolute Gasteiger partial charge is 0.271 e. The first-order valence-corrected chi connectivity index (χ1v) is 8.98. The van der Waals surface area contributed by atoms with Crippen molar-refractivity contribution in [3.63, 3.8) is 0 Å². The van der Waals surface area contributed by atoms with E-state index < -0.39 is 0 Å². The molecule has 0 N–H and O–H groups in total. The van der Waals surface area contributed by atoms with Crippen molar-refractivity contribution in [2.24, 2.45) is 4.99 Å². The molecule has 0 radical (unpaired) electrons. The van der Waals surface area contributed by atoms with Crippen LogP contribution < -0.4 is 0 Å². The fourth-order valence-corrected chi connectivity index (χ4v) is 4.57. The van der Waals surface area contributed by atoms with E-state index in [1.165, 1.54) is 15.5 Å². The summed E-state index contributed by atoms with van der Waals surface area (Å²) < 4.78 is 1.21. The number of benzene rings is 1. The first-order chi connectivity index (χ1) is 9.31. The minimum absolute atomic E-state index is 0.925. The number of hydrogen-bond acceptors (Lipinski definition) is 5. The highest BCUT2D eigenvalue weighted by atomic mass is 32.2. The van der Waals surface area contributed by atoms with Gasteiger partial charge in [-0.05, 0) is 6.92 Å². The van der Waals surface area contributed by atoms with Crippen LogP contribution in [0.4, 0.5) is 0 Å². The molecule has 19 heavy (non-hydrogen) atoms. The quantitative estimate of drug-likeness (QED) is 0.837. The summed E-state index contributed by atoms with van der Waals surface area (Å²) in [4.78, 5) is 9.15. The van der Waals surface area contributed by atoms with Gasteiger partial charge in [-0.15, -0.1) is 11.3 Å². The maximum Gasteiger partial charge on any atom is 0.125 e. The Morgan fingerprint density at radius 1 is 1.26 bits per heavy atom. The van der Waals surface area contributed by atoms with Gasteiger partial charge in [0, 0.05) is 22.4 Å². The first-order valence-electron chi connectivity index (χ1n) is 6.13. The molecule has 98 valence electrons. The summed E-state index contributed by atoms with van der Waals surface area (Å²) in [6.07, 6.45) is 0. The minimum atomic E-state index is 0.925. The molecule has 0 spiro atoms. The fraction of sp³-hybridized carbons (Fsp3) is 0.286. The Kier molecular flexibility index (Phi) is 4.25. The van der Waals surface area contributed by atoms with E-state index in [1.54, 1.807) is 23.1 Å². The van der Waals surface area contributed by atoms with Crippen LogP contribution >= 0.6 is 34.9 Å². The lowest BCUT2D eigenvalue weighted by Gasteiger charge is -1.98. The van der Waals surface area contributed by atoms with Crippen LogP contribution in [0.2, 0.25) is 0 Å². The van der Waals surface area contributed by atoms with E-state index in [-0.39, 0.29) is 0 Å². The van der Waals surface area contributed by atoms with E-state index in [1.807, 2.05) is 11.8 Å². The standard InChI is InChI=1S/C14H14N2S3/c1-10-2-4-11(5-3-10)13-16-12(8-18-13)9-19-14-15-6-7-17-14/h2-5,8H,6-7,9H2,1H3.